The van der Waals surface area contributed by atoms with E-state index < -0.39 is 0 Å². The Morgan fingerprint density at radius 2 is 1.84 bits per heavy atom. The molecule has 0 saturated heterocycles. The second kappa shape index (κ2) is 10.4. The van der Waals surface area contributed by atoms with Crippen LogP contribution >= 0.6 is 0 Å². The van der Waals surface area contributed by atoms with E-state index in [1.807, 2.05) is 36.4 Å². The van der Waals surface area contributed by atoms with Gasteiger partial charge in [0.1, 0.15) is 12.0 Å². The molecule has 0 heterocycles. The summed E-state index contributed by atoms with van der Waals surface area (Å²) < 4.78 is 5.68. The average Bonchev–Trinajstić information content (AvgIpc) is 2.45. The molecule has 1 aromatic carbocycles. The van der Waals surface area contributed by atoms with Crippen molar-refractivity contribution in [1.82, 2.24) is 0 Å². The van der Waals surface area contributed by atoms with E-state index in [9.17, 15) is 4.79 Å². The van der Waals surface area contributed by atoms with Crippen molar-refractivity contribution in [1.29, 1.82) is 0 Å². The number of rotatable bonds is 10. The lowest BCUT2D eigenvalue weighted by atomic mass is 10.2. The van der Waals surface area contributed by atoms with Crippen molar-refractivity contribution in [3.8, 4) is 5.75 Å². The molecule has 0 unspecified atom stereocenters. The maximum atomic E-state index is 10.2. The lowest BCUT2D eigenvalue weighted by molar-refractivity contribution is -0.107. The minimum Gasteiger partial charge on any atom is -0.494 e. The zero-order chi connectivity index (χ0) is 13.8. The number of carbonyl (C=O) groups excluding carboxylic acids is 1. The summed E-state index contributed by atoms with van der Waals surface area (Å²) in [6.07, 6.45) is 11.3. The molecule has 1 aromatic rings. The van der Waals surface area contributed by atoms with E-state index in [4.69, 9.17) is 4.74 Å². The molecular weight excluding hydrogens is 236 g/mol. The van der Waals surface area contributed by atoms with E-state index in [1.54, 1.807) is 0 Å². The molecule has 0 fully saturated rings. The van der Waals surface area contributed by atoms with E-state index in [-0.39, 0.29) is 0 Å². The number of hydrogen-bond acceptors (Lipinski definition) is 2. The molecule has 0 bridgehead atoms. The number of ether oxygens (including phenoxy) is 1. The van der Waals surface area contributed by atoms with E-state index in [0.29, 0.717) is 6.42 Å². The predicted octanol–water partition coefficient (Wildman–Crippen LogP) is 4.64. The Morgan fingerprint density at radius 3 is 2.53 bits per heavy atom. The summed E-state index contributed by atoms with van der Waals surface area (Å²) in [5.74, 6) is 0.932. The van der Waals surface area contributed by atoms with Gasteiger partial charge in [0.15, 0.2) is 0 Å². The third-order valence-corrected chi connectivity index (χ3v) is 2.91. The van der Waals surface area contributed by atoms with Crippen LogP contribution < -0.4 is 4.74 Å². The third-order valence-electron chi connectivity index (χ3n) is 2.91. The Hall–Kier alpha value is -1.57. The zero-order valence-corrected chi connectivity index (χ0v) is 11.8. The molecule has 1 rings (SSSR count). The Kier molecular flexibility index (Phi) is 8.45. The summed E-state index contributed by atoms with van der Waals surface area (Å²) in [5, 5.41) is 0. The molecule has 0 radical (unpaired) electrons. The molecule has 0 aliphatic carbocycles. The molecule has 104 valence electrons. The molecule has 0 N–H and O–H groups in total. The summed E-state index contributed by atoms with van der Waals surface area (Å²) in [6.45, 7) is 3.01. The van der Waals surface area contributed by atoms with Gasteiger partial charge in [-0.1, -0.05) is 50.5 Å². The van der Waals surface area contributed by atoms with Crippen molar-refractivity contribution in [2.24, 2.45) is 0 Å². The first kappa shape index (κ1) is 15.5. The topological polar surface area (TPSA) is 26.3 Å². The fraction of sp³-hybridized carbons (Fsp3) is 0.471. The van der Waals surface area contributed by atoms with Gasteiger partial charge in [-0.05, 0) is 30.5 Å². The summed E-state index contributed by atoms with van der Waals surface area (Å²) in [7, 11) is 0. The molecule has 2 heteroatoms. The van der Waals surface area contributed by atoms with E-state index in [1.165, 1.54) is 19.3 Å². The van der Waals surface area contributed by atoms with Gasteiger partial charge < -0.3 is 9.53 Å². The Morgan fingerprint density at radius 1 is 1.05 bits per heavy atom. The maximum absolute atomic E-state index is 10.2. The first-order valence-corrected chi connectivity index (χ1v) is 7.20. The van der Waals surface area contributed by atoms with Crippen LogP contribution in [0.1, 0.15) is 51.0 Å². The molecule has 19 heavy (non-hydrogen) atoms. The summed E-state index contributed by atoms with van der Waals surface area (Å²) in [6, 6.07) is 8.08. The average molecular weight is 260 g/mol. The molecule has 0 amide bonds. The van der Waals surface area contributed by atoms with Gasteiger partial charge in [-0.3, -0.25) is 0 Å². The van der Waals surface area contributed by atoms with Crippen LogP contribution in [0.5, 0.6) is 5.75 Å². The van der Waals surface area contributed by atoms with Crippen LogP contribution in [0.25, 0.3) is 6.08 Å². The summed E-state index contributed by atoms with van der Waals surface area (Å²) in [4.78, 5) is 10.2. The van der Waals surface area contributed by atoms with Crippen molar-refractivity contribution >= 4 is 12.4 Å². The Labute approximate surface area is 116 Å². The van der Waals surface area contributed by atoms with E-state index in [0.717, 1.165) is 37.0 Å². The van der Waals surface area contributed by atoms with Crippen molar-refractivity contribution in [3.05, 3.63) is 35.9 Å². The van der Waals surface area contributed by atoms with Crippen molar-refractivity contribution in [2.75, 3.05) is 6.61 Å². The van der Waals surface area contributed by atoms with Gasteiger partial charge in [0.25, 0.3) is 0 Å². The quantitative estimate of drug-likeness (QED) is 0.452. The lowest BCUT2D eigenvalue weighted by Crippen LogP contribution is -1.96. The highest BCUT2D eigenvalue weighted by Gasteiger charge is 1.94. The highest BCUT2D eigenvalue weighted by molar-refractivity contribution is 5.53. The fourth-order valence-electron chi connectivity index (χ4n) is 1.78. The molecule has 0 aliphatic heterocycles. The number of benzene rings is 1. The maximum Gasteiger partial charge on any atom is 0.120 e. The molecule has 0 aromatic heterocycles. The van der Waals surface area contributed by atoms with Crippen LogP contribution in [0.4, 0.5) is 0 Å². The second-order valence-corrected chi connectivity index (χ2v) is 4.62. The molecule has 0 aliphatic rings. The van der Waals surface area contributed by atoms with Gasteiger partial charge >= 0.3 is 0 Å². The van der Waals surface area contributed by atoms with Crippen molar-refractivity contribution < 1.29 is 9.53 Å². The number of allylic oxidation sites excluding steroid dienone is 1. The van der Waals surface area contributed by atoms with Gasteiger partial charge in [0.2, 0.25) is 0 Å². The minimum atomic E-state index is 0.593. The zero-order valence-electron chi connectivity index (χ0n) is 11.8. The van der Waals surface area contributed by atoms with Gasteiger partial charge in [-0.2, -0.15) is 0 Å². The van der Waals surface area contributed by atoms with Crippen LogP contribution in [0.2, 0.25) is 0 Å². The molecule has 0 spiro atoms. The molecule has 0 saturated carbocycles. The van der Waals surface area contributed by atoms with Crippen LogP contribution in [0.3, 0.4) is 0 Å². The van der Waals surface area contributed by atoms with Crippen LogP contribution in [0, 0.1) is 0 Å². The number of hydrogen-bond donors (Lipinski definition) is 0. The molecule has 0 atom stereocenters. The standard InChI is InChI=1S/C17H24O2/c1-2-3-4-8-15-19-17-12-10-16(11-13-17)9-6-5-7-14-18/h6,9-14H,2-5,7-8,15H2,1H3/b9-6+. The lowest BCUT2D eigenvalue weighted by Gasteiger charge is -2.06. The normalized spacial score (nSPS) is 10.8. The number of aldehydes is 1. The van der Waals surface area contributed by atoms with Crippen molar-refractivity contribution in [3.63, 3.8) is 0 Å². The third kappa shape index (κ3) is 7.45. The van der Waals surface area contributed by atoms with Gasteiger partial charge in [-0.15, -0.1) is 0 Å². The van der Waals surface area contributed by atoms with Gasteiger partial charge in [0.05, 0.1) is 6.61 Å². The highest BCUT2D eigenvalue weighted by atomic mass is 16.5. The smallest absolute Gasteiger partial charge is 0.120 e. The second-order valence-electron chi connectivity index (χ2n) is 4.62. The largest absolute Gasteiger partial charge is 0.494 e. The predicted molar refractivity (Wildman–Crippen MR) is 80.4 cm³/mol. The van der Waals surface area contributed by atoms with Crippen LogP contribution in [-0.4, -0.2) is 12.9 Å². The monoisotopic (exact) mass is 260 g/mol. The van der Waals surface area contributed by atoms with Crippen LogP contribution in [-0.2, 0) is 4.79 Å². The Balaban J connectivity index is 2.27. The number of unbranched alkanes of at least 4 members (excludes halogenated alkanes) is 4. The first-order chi connectivity index (χ1) is 9.36. The minimum absolute atomic E-state index is 0.593. The molecule has 2 nitrogen and oxygen atoms in total. The fourth-order valence-corrected chi connectivity index (χ4v) is 1.78. The number of carbonyl (C=O) groups is 1. The van der Waals surface area contributed by atoms with Gasteiger partial charge in [-0.25, -0.2) is 0 Å². The summed E-state index contributed by atoms with van der Waals surface area (Å²) >= 11 is 0. The molecular formula is C17H24O2. The highest BCUT2D eigenvalue weighted by Crippen LogP contribution is 2.14. The van der Waals surface area contributed by atoms with E-state index >= 15 is 0 Å². The van der Waals surface area contributed by atoms with Crippen molar-refractivity contribution in [2.45, 2.75) is 45.4 Å². The van der Waals surface area contributed by atoms with Crippen LogP contribution in [0.15, 0.2) is 30.3 Å². The SMILES string of the molecule is CCCCCCOc1ccc(/C=C/CCC=O)cc1. The van der Waals surface area contributed by atoms with E-state index in [2.05, 4.69) is 6.92 Å². The Bertz CT molecular complexity index is 365. The first-order valence-electron chi connectivity index (χ1n) is 7.20. The van der Waals surface area contributed by atoms with Gasteiger partial charge in [0, 0.05) is 6.42 Å². The summed E-state index contributed by atoms with van der Waals surface area (Å²) in [5.41, 5.74) is 1.14.